The molecule has 0 saturated heterocycles. The van der Waals surface area contributed by atoms with Gasteiger partial charge in [-0.25, -0.2) is 14.5 Å². The van der Waals surface area contributed by atoms with Crippen LogP contribution >= 0.6 is 0 Å². The molecule has 12 heteroatoms. The Balaban J connectivity index is 1.49. The lowest BCUT2D eigenvalue weighted by Crippen LogP contribution is -2.40. The highest BCUT2D eigenvalue weighted by Gasteiger charge is 2.26. The van der Waals surface area contributed by atoms with Gasteiger partial charge in [0.1, 0.15) is 11.5 Å². The largest absolute Gasteiger partial charge is 0.394 e. The van der Waals surface area contributed by atoms with E-state index >= 15 is 0 Å². The minimum Gasteiger partial charge on any atom is -0.394 e. The zero-order valence-electron chi connectivity index (χ0n) is 25.0. The van der Waals surface area contributed by atoms with Crippen LogP contribution in [0.5, 0.6) is 0 Å². The average Bonchev–Trinajstić information content (AvgIpc) is 3.41. The summed E-state index contributed by atoms with van der Waals surface area (Å²) in [5.41, 5.74) is 1.84. The summed E-state index contributed by atoms with van der Waals surface area (Å²) in [7, 11) is 1.69. The van der Waals surface area contributed by atoms with E-state index in [0.717, 1.165) is 5.69 Å². The standard InChI is InChI=1S/C31H35N9O3/c1-30(2,3)24-15-25(40(38-24)22-11-8-12-33-17-22)36-29(43)35-21-10-7-9-19(13-21)23-14-20-16-34-28(32-6)37-26(20)39(27(23)42)31(4,5)18-41/h7-17,41H,18H2,1-6H3,(H,32,34,37)(H2,35,36,43). The Morgan fingerprint density at radius 2 is 1.79 bits per heavy atom. The number of rotatable bonds is 7. The lowest BCUT2D eigenvalue weighted by Gasteiger charge is -2.27. The van der Waals surface area contributed by atoms with Crippen LogP contribution < -0.4 is 21.5 Å². The molecule has 12 nitrogen and oxygen atoms in total. The van der Waals surface area contributed by atoms with Crippen LogP contribution in [0.15, 0.2) is 71.9 Å². The number of aliphatic hydroxyl groups is 1. The number of nitrogens with zero attached hydrogens (tertiary/aromatic N) is 6. The van der Waals surface area contributed by atoms with Crippen LogP contribution in [0.4, 0.5) is 22.2 Å². The highest BCUT2D eigenvalue weighted by Crippen LogP contribution is 2.28. The van der Waals surface area contributed by atoms with Gasteiger partial charge in [-0.1, -0.05) is 32.9 Å². The van der Waals surface area contributed by atoms with Gasteiger partial charge in [0.15, 0.2) is 0 Å². The first-order valence-corrected chi connectivity index (χ1v) is 13.8. The quantitative estimate of drug-likeness (QED) is 0.215. The SMILES string of the molecule is CNc1ncc2cc(-c3cccc(NC(=O)Nc4cc(C(C)(C)C)nn4-c4cccnc4)c3)c(=O)n(C(C)(C)CO)c2n1. The minimum atomic E-state index is -0.941. The molecule has 4 aromatic heterocycles. The summed E-state index contributed by atoms with van der Waals surface area (Å²) in [5.74, 6) is 0.843. The van der Waals surface area contributed by atoms with E-state index in [9.17, 15) is 14.7 Å². The molecule has 2 amide bonds. The van der Waals surface area contributed by atoms with E-state index in [1.807, 2.05) is 32.9 Å². The molecule has 0 bridgehead atoms. The van der Waals surface area contributed by atoms with Crippen molar-refractivity contribution in [2.75, 3.05) is 29.6 Å². The fourth-order valence-corrected chi connectivity index (χ4v) is 4.61. The number of nitrogens with one attached hydrogen (secondary N) is 3. The summed E-state index contributed by atoms with van der Waals surface area (Å²) in [6.07, 6.45) is 4.98. The van der Waals surface area contributed by atoms with Gasteiger partial charge in [-0.05, 0) is 49.7 Å². The number of pyridine rings is 2. The molecule has 4 N–H and O–H groups in total. The molecule has 0 aliphatic rings. The van der Waals surface area contributed by atoms with Crippen LogP contribution in [0.25, 0.3) is 27.8 Å². The third kappa shape index (κ3) is 5.95. The van der Waals surface area contributed by atoms with E-state index < -0.39 is 11.6 Å². The third-order valence-corrected chi connectivity index (χ3v) is 7.00. The molecule has 0 aliphatic carbocycles. The van der Waals surface area contributed by atoms with Gasteiger partial charge in [-0.15, -0.1) is 0 Å². The average molecular weight is 582 g/mol. The van der Waals surface area contributed by atoms with E-state index in [0.29, 0.717) is 45.3 Å². The first-order chi connectivity index (χ1) is 20.4. The van der Waals surface area contributed by atoms with Gasteiger partial charge >= 0.3 is 6.03 Å². The van der Waals surface area contributed by atoms with E-state index in [1.54, 1.807) is 80.6 Å². The van der Waals surface area contributed by atoms with E-state index in [1.165, 1.54) is 4.57 Å². The van der Waals surface area contributed by atoms with E-state index in [2.05, 4.69) is 30.9 Å². The van der Waals surface area contributed by atoms with Gasteiger partial charge in [0.25, 0.3) is 5.56 Å². The molecule has 43 heavy (non-hydrogen) atoms. The number of benzene rings is 1. The summed E-state index contributed by atoms with van der Waals surface area (Å²) in [5, 5.41) is 24.1. The number of hydrogen-bond acceptors (Lipinski definition) is 8. The third-order valence-electron chi connectivity index (χ3n) is 7.00. The first kappa shape index (κ1) is 29.4. The molecule has 5 aromatic rings. The van der Waals surface area contributed by atoms with Crippen molar-refractivity contribution >= 4 is 34.5 Å². The van der Waals surface area contributed by atoms with Crippen molar-refractivity contribution < 1.29 is 9.90 Å². The molecule has 5 rings (SSSR count). The van der Waals surface area contributed by atoms with Crippen LogP contribution in [0.1, 0.15) is 40.3 Å². The number of amides is 2. The molecule has 0 spiro atoms. The Bertz CT molecular complexity index is 1850. The maximum atomic E-state index is 13.9. The maximum absolute atomic E-state index is 13.9. The number of carbonyl (C=O) groups is 1. The zero-order valence-corrected chi connectivity index (χ0v) is 25.0. The second-order valence-electron chi connectivity index (χ2n) is 11.8. The number of urea groups is 1. The van der Waals surface area contributed by atoms with Crippen molar-refractivity contribution in [1.82, 2.24) is 29.3 Å². The Morgan fingerprint density at radius 3 is 2.47 bits per heavy atom. The number of hydrogen-bond donors (Lipinski definition) is 4. The number of carbonyl (C=O) groups excluding carboxylic acids is 1. The predicted octanol–water partition coefficient (Wildman–Crippen LogP) is 4.75. The molecule has 0 saturated carbocycles. The Kier molecular flexibility index (Phi) is 7.72. The molecule has 4 heterocycles. The number of aromatic nitrogens is 6. The lowest BCUT2D eigenvalue weighted by molar-refractivity contribution is 0.164. The van der Waals surface area contributed by atoms with E-state index in [4.69, 9.17) is 5.10 Å². The number of aliphatic hydroxyl groups excluding tert-OH is 1. The molecule has 0 unspecified atom stereocenters. The van der Waals surface area contributed by atoms with Crippen molar-refractivity contribution in [1.29, 1.82) is 0 Å². The summed E-state index contributed by atoms with van der Waals surface area (Å²) in [6.45, 7) is 9.40. The second kappa shape index (κ2) is 11.3. The van der Waals surface area contributed by atoms with Crippen LogP contribution in [-0.2, 0) is 11.0 Å². The molecular formula is C31H35N9O3. The first-order valence-electron chi connectivity index (χ1n) is 13.8. The molecule has 0 radical (unpaired) electrons. The van der Waals surface area contributed by atoms with Gasteiger partial charge in [0.2, 0.25) is 5.95 Å². The Morgan fingerprint density at radius 1 is 1.00 bits per heavy atom. The predicted molar refractivity (Wildman–Crippen MR) is 168 cm³/mol. The molecule has 1 aromatic carbocycles. The smallest absolute Gasteiger partial charge is 0.324 e. The van der Waals surface area contributed by atoms with Gasteiger partial charge in [-0.3, -0.25) is 19.7 Å². The lowest BCUT2D eigenvalue weighted by atomic mass is 9.92. The van der Waals surface area contributed by atoms with Crippen LogP contribution in [0, 0.1) is 0 Å². The summed E-state index contributed by atoms with van der Waals surface area (Å²) >= 11 is 0. The molecule has 0 atom stereocenters. The summed E-state index contributed by atoms with van der Waals surface area (Å²) in [4.78, 5) is 40.1. The van der Waals surface area contributed by atoms with Gasteiger partial charge in [0.05, 0.1) is 29.7 Å². The monoisotopic (exact) mass is 581 g/mol. The number of anilines is 3. The summed E-state index contributed by atoms with van der Waals surface area (Å²) in [6, 6.07) is 13.8. The molecular weight excluding hydrogens is 546 g/mol. The van der Waals surface area contributed by atoms with Crippen molar-refractivity contribution in [3.63, 3.8) is 0 Å². The topological polar surface area (TPSA) is 152 Å². The normalized spacial score (nSPS) is 11.9. The fraction of sp³-hybridized carbons (Fsp3) is 0.290. The van der Waals surface area contributed by atoms with Crippen molar-refractivity contribution in [2.24, 2.45) is 0 Å². The molecule has 0 fully saturated rings. The zero-order chi connectivity index (χ0) is 30.9. The van der Waals surface area contributed by atoms with Crippen molar-refractivity contribution in [3.8, 4) is 16.8 Å². The maximum Gasteiger partial charge on any atom is 0.324 e. The van der Waals surface area contributed by atoms with Gasteiger partial charge < -0.3 is 15.7 Å². The van der Waals surface area contributed by atoms with Crippen molar-refractivity contribution in [2.45, 2.75) is 45.6 Å². The van der Waals surface area contributed by atoms with Gasteiger partial charge in [-0.2, -0.15) is 10.1 Å². The van der Waals surface area contributed by atoms with Gasteiger partial charge in [0, 0.05) is 47.6 Å². The highest BCUT2D eigenvalue weighted by atomic mass is 16.3. The Labute approximate surface area is 248 Å². The minimum absolute atomic E-state index is 0.244. The van der Waals surface area contributed by atoms with Crippen molar-refractivity contribution in [3.05, 3.63) is 83.2 Å². The highest BCUT2D eigenvalue weighted by molar-refractivity contribution is 6.00. The molecule has 0 aliphatic heterocycles. The second-order valence-corrected chi connectivity index (χ2v) is 11.8. The van der Waals surface area contributed by atoms with Crippen LogP contribution in [0.3, 0.4) is 0 Å². The van der Waals surface area contributed by atoms with Crippen LogP contribution in [0.2, 0.25) is 0 Å². The Hall–Kier alpha value is -5.10. The van der Waals surface area contributed by atoms with E-state index in [-0.39, 0.29) is 17.6 Å². The van der Waals surface area contributed by atoms with Crippen LogP contribution in [-0.4, -0.2) is 54.1 Å². The fourth-order valence-electron chi connectivity index (χ4n) is 4.61. The number of fused-ring (bicyclic) bond motifs is 1. The molecule has 222 valence electrons. The summed E-state index contributed by atoms with van der Waals surface area (Å²) < 4.78 is 3.13.